The van der Waals surface area contributed by atoms with E-state index in [9.17, 15) is 12.8 Å². The molecule has 3 heterocycles. The van der Waals surface area contributed by atoms with Gasteiger partial charge < -0.3 is 14.5 Å². The number of aromatic nitrogens is 4. The van der Waals surface area contributed by atoms with Crippen molar-refractivity contribution in [3.05, 3.63) is 60.9 Å². The molecule has 36 heavy (non-hydrogen) atoms. The first-order valence-corrected chi connectivity index (χ1v) is 13.9. The van der Waals surface area contributed by atoms with Crippen LogP contribution in [0.3, 0.4) is 0 Å². The molecule has 0 spiro atoms. The standard InChI is InChI=1S/C26H31FN6O2S/c1-32(2)15-16-36(34,35)31-20-7-9-21(10-8-20)33-17-30-24(18-3-5-19(27)6-4-18)25(33)22-11-13-28-26-23(22)12-14-29-26/h3-6,11-14,17,20-21,31H,7-10,15-16H2,1-2H3,(H,28,29). The summed E-state index contributed by atoms with van der Waals surface area (Å²) in [5.41, 5.74) is 4.39. The van der Waals surface area contributed by atoms with E-state index < -0.39 is 10.0 Å². The van der Waals surface area contributed by atoms with E-state index in [1.165, 1.54) is 12.1 Å². The van der Waals surface area contributed by atoms with Gasteiger partial charge in [-0.15, -0.1) is 0 Å². The molecular weight excluding hydrogens is 479 g/mol. The van der Waals surface area contributed by atoms with Crippen LogP contribution in [0.4, 0.5) is 4.39 Å². The molecule has 1 aliphatic carbocycles. The molecule has 1 fully saturated rings. The number of fused-ring (bicyclic) bond motifs is 1. The number of benzene rings is 1. The number of nitrogens with one attached hydrogen (secondary N) is 2. The first-order chi connectivity index (χ1) is 17.3. The predicted octanol–water partition coefficient (Wildman–Crippen LogP) is 4.20. The minimum Gasteiger partial charge on any atom is -0.346 e. The molecule has 0 aliphatic heterocycles. The van der Waals surface area contributed by atoms with Crippen LogP contribution in [-0.2, 0) is 10.0 Å². The normalized spacial score (nSPS) is 18.8. The van der Waals surface area contributed by atoms with E-state index in [0.717, 1.165) is 59.2 Å². The van der Waals surface area contributed by atoms with E-state index in [1.54, 1.807) is 18.3 Å². The van der Waals surface area contributed by atoms with Gasteiger partial charge in [0.15, 0.2) is 0 Å². The van der Waals surface area contributed by atoms with Crippen LogP contribution in [0.15, 0.2) is 55.1 Å². The Labute approximate surface area is 210 Å². The summed E-state index contributed by atoms with van der Waals surface area (Å²) in [6.45, 7) is 0.495. The largest absolute Gasteiger partial charge is 0.346 e. The van der Waals surface area contributed by atoms with Crippen molar-refractivity contribution >= 4 is 21.1 Å². The summed E-state index contributed by atoms with van der Waals surface area (Å²) in [7, 11) is 0.423. The average molecular weight is 511 g/mol. The average Bonchev–Trinajstić information content (AvgIpc) is 3.51. The van der Waals surface area contributed by atoms with E-state index >= 15 is 0 Å². The molecule has 0 saturated heterocycles. The van der Waals surface area contributed by atoms with Gasteiger partial charge in [-0.3, -0.25) is 0 Å². The maximum atomic E-state index is 13.6. The van der Waals surface area contributed by atoms with Gasteiger partial charge in [0.2, 0.25) is 10.0 Å². The Morgan fingerprint density at radius 1 is 1.08 bits per heavy atom. The molecule has 1 aliphatic rings. The van der Waals surface area contributed by atoms with Crippen LogP contribution in [0.5, 0.6) is 0 Å². The number of imidazole rings is 1. The molecule has 3 aromatic heterocycles. The lowest BCUT2D eigenvalue weighted by molar-refractivity contribution is 0.312. The van der Waals surface area contributed by atoms with Crippen LogP contribution < -0.4 is 4.72 Å². The topological polar surface area (TPSA) is 95.9 Å². The highest BCUT2D eigenvalue weighted by Gasteiger charge is 2.29. The highest BCUT2D eigenvalue weighted by atomic mass is 32.2. The molecular formula is C26H31FN6O2S. The molecule has 4 aromatic rings. The fourth-order valence-electron chi connectivity index (χ4n) is 4.98. The number of sulfonamides is 1. The summed E-state index contributed by atoms with van der Waals surface area (Å²) in [5.74, 6) is -0.190. The Kier molecular flexibility index (Phi) is 6.92. The zero-order chi connectivity index (χ0) is 25.3. The lowest BCUT2D eigenvalue weighted by atomic mass is 9.91. The predicted molar refractivity (Wildman–Crippen MR) is 139 cm³/mol. The quantitative estimate of drug-likeness (QED) is 0.371. The van der Waals surface area contributed by atoms with E-state index in [0.29, 0.717) is 6.54 Å². The summed E-state index contributed by atoms with van der Waals surface area (Å²) < 4.78 is 43.7. The van der Waals surface area contributed by atoms with Gasteiger partial charge in [0, 0.05) is 47.5 Å². The SMILES string of the molecule is CN(C)CCS(=O)(=O)NC1CCC(n2cnc(-c3ccc(F)cc3)c2-c2ccnc3[nH]ccc23)CC1. The molecule has 1 saturated carbocycles. The van der Waals surface area contributed by atoms with Gasteiger partial charge in [-0.1, -0.05) is 0 Å². The zero-order valence-electron chi connectivity index (χ0n) is 20.5. The fraction of sp³-hybridized carbons (Fsp3) is 0.385. The fourth-order valence-corrected chi connectivity index (χ4v) is 6.45. The number of hydrogen-bond acceptors (Lipinski definition) is 5. The molecule has 1 aromatic carbocycles. The Morgan fingerprint density at radius 2 is 1.83 bits per heavy atom. The number of H-pyrrole nitrogens is 1. The summed E-state index contributed by atoms with van der Waals surface area (Å²) in [6, 6.07) is 10.5. The molecule has 8 nitrogen and oxygen atoms in total. The monoisotopic (exact) mass is 510 g/mol. The number of hydrogen-bond donors (Lipinski definition) is 2. The second kappa shape index (κ2) is 10.1. The number of nitrogens with zero attached hydrogens (tertiary/aromatic N) is 4. The van der Waals surface area contributed by atoms with Crippen LogP contribution >= 0.6 is 0 Å². The van der Waals surface area contributed by atoms with Crippen molar-refractivity contribution in [3.63, 3.8) is 0 Å². The Hall–Kier alpha value is -3.08. The summed E-state index contributed by atoms with van der Waals surface area (Å²) in [6.07, 6.45) is 8.67. The molecule has 190 valence electrons. The second-order valence-corrected chi connectivity index (χ2v) is 11.6. The van der Waals surface area contributed by atoms with E-state index in [4.69, 9.17) is 4.98 Å². The van der Waals surface area contributed by atoms with Gasteiger partial charge in [0.1, 0.15) is 11.5 Å². The zero-order valence-corrected chi connectivity index (χ0v) is 21.3. The first-order valence-electron chi connectivity index (χ1n) is 12.2. The van der Waals surface area contributed by atoms with Crippen LogP contribution in [0.25, 0.3) is 33.5 Å². The summed E-state index contributed by atoms with van der Waals surface area (Å²) >= 11 is 0. The highest BCUT2D eigenvalue weighted by molar-refractivity contribution is 7.89. The number of aromatic amines is 1. The minimum absolute atomic E-state index is 0.0609. The van der Waals surface area contributed by atoms with Crippen LogP contribution in [0.1, 0.15) is 31.7 Å². The van der Waals surface area contributed by atoms with Crippen LogP contribution in [0, 0.1) is 5.82 Å². The third kappa shape index (κ3) is 5.21. The Morgan fingerprint density at radius 3 is 2.56 bits per heavy atom. The third-order valence-electron chi connectivity index (χ3n) is 6.87. The van der Waals surface area contributed by atoms with Gasteiger partial charge in [0.25, 0.3) is 0 Å². The van der Waals surface area contributed by atoms with Crippen molar-refractivity contribution in [2.75, 3.05) is 26.4 Å². The lowest BCUT2D eigenvalue weighted by Gasteiger charge is -2.31. The smallest absolute Gasteiger partial charge is 0.213 e. The molecule has 0 atom stereocenters. The number of pyridine rings is 1. The maximum Gasteiger partial charge on any atom is 0.213 e. The molecule has 10 heteroatoms. The summed E-state index contributed by atoms with van der Waals surface area (Å²) in [4.78, 5) is 14.3. The van der Waals surface area contributed by atoms with Crippen LogP contribution in [0.2, 0.25) is 0 Å². The van der Waals surface area contributed by atoms with Gasteiger partial charge in [-0.05, 0) is 76.2 Å². The Bertz CT molecular complexity index is 1440. The minimum atomic E-state index is -3.31. The van der Waals surface area contributed by atoms with Crippen LogP contribution in [-0.4, -0.2) is 65.3 Å². The maximum absolute atomic E-state index is 13.6. The van der Waals surface area contributed by atoms with Crippen molar-refractivity contribution < 1.29 is 12.8 Å². The third-order valence-corrected chi connectivity index (χ3v) is 8.28. The second-order valence-electron chi connectivity index (χ2n) is 9.70. The van der Waals surface area contributed by atoms with E-state index in [-0.39, 0.29) is 23.7 Å². The number of rotatable bonds is 8. The lowest BCUT2D eigenvalue weighted by Crippen LogP contribution is -2.40. The Balaban J connectivity index is 1.44. The van der Waals surface area contributed by atoms with Crippen molar-refractivity contribution in [3.8, 4) is 22.5 Å². The van der Waals surface area contributed by atoms with Gasteiger partial charge in [-0.2, -0.15) is 0 Å². The molecule has 0 unspecified atom stereocenters. The first kappa shape index (κ1) is 24.6. The van der Waals surface area contributed by atoms with Crippen molar-refractivity contribution in [2.24, 2.45) is 0 Å². The summed E-state index contributed by atoms with van der Waals surface area (Å²) in [5, 5.41) is 0.991. The van der Waals surface area contributed by atoms with Crippen molar-refractivity contribution in [1.29, 1.82) is 0 Å². The molecule has 0 amide bonds. The molecule has 0 radical (unpaired) electrons. The van der Waals surface area contributed by atoms with Crippen molar-refractivity contribution in [1.82, 2.24) is 29.1 Å². The van der Waals surface area contributed by atoms with E-state index in [2.05, 4.69) is 19.3 Å². The molecule has 0 bridgehead atoms. The highest BCUT2D eigenvalue weighted by Crippen LogP contribution is 2.39. The number of halogens is 1. The van der Waals surface area contributed by atoms with E-state index in [1.807, 2.05) is 43.7 Å². The van der Waals surface area contributed by atoms with Gasteiger partial charge in [0.05, 0.1) is 23.5 Å². The molecule has 2 N–H and O–H groups in total. The molecule has 5 rings (SSSR count). The van der Waals surface area contributed by atoms with Gasteiger partial charge >= 0.3 is 0 Å². The van der Waals surface area contributed by atoms with Gasteiger partial charge in [-0.25, -0.2) is 27.5 Å². The van der Waals surface area contributed by atoms with Crippen molar-refractivity contribution in [2.45, 2.75) is 37.8 Å².